The van der Waals surface area contributed by atoms with E-state index < -0.39 is 0 Å². The number of rotatable bonds is 11. The van der Waals surface area contributed by atoms with Crippen molar-refractivity contribution in [3.8, 4) is 5.75 Å². The van der Waals surface area contributed by atoms with E-state index in [9.17, 15) is 9.59 Å². The van der Waals surface area contributed by atoms with Gasteiger partial charge in [0.05, 0.1) is 23.7 Å². The smallest absolute Gasteiger partial charge is 0.224 e. The number of nitrogen functional groups attached to an aromatic ring is 1. The molecular formula is C24H29N3O3. The zero-order valence-corrected chi connectivity index (χ0v) is 17.4. The normalized spacial score (nSPS) is 10.8. The highest BCUT2D eigenvalue weighted by Gasteiger charge is 2.10. The number of ether oxygens (including phenoxy) is 1. The van der Waals surface area contributed by atoms with Gasteiger partial charge in [-0.3, -0.25) is 9.59 Å². The molecule has 0 unspecified atom stereocenters. The van der Waals surface area contributed by atoms with Gasteiger partial charge in [-0.1, -0.05) is 25.0 Å². The summed E-state index contributed by atoms with van der Waals surface area (Å²) in [5, 5.41) is 3.82. The van der Waals surface area contributed by atoms with E-state index in [4.69, 9.17) is 10.5 Å². The molecule has 1 aromatic heterocycles. The zero-order chi connectivity index (χ0) is 21.3. The van der Waals surface area contributed by atoms with E-state index in [-0.39, 0.29) is 11.7 Å². The molecule has 0 spiro atoms. The number of aromatic amines is 1. The summed E-state index contributed by atoms with van der Waals surface area (Å²) in [6, 6.07) is 14.9. The van der Waals surface area contributed by atoms with E-state index in [0.29, 0.717) is 36.5 Å². The molecule has 6 nitrogen and oxygen atoms in total. The Kier molecular flexibility index (Phi) is 7.49. The van der Waals surface area contributed by atoms with Crippen LogP contribution in [0.1, 0.15) is 55.9 Å². The fraction of sp³-hybridized carbons (Fsp3) is 0.333. The van der Waals surface area contributed by atoms with Crippen molar-refractivity contribution in [2.75, 3.05) is 17.7 Å². The first kappa shape index (κ1) is 21.4. The van der Waals surface area contributed by atoms with Crippen LogP contribution in [0.5, 0.6) is 5.75 Å². The fourth-order valence-electron chi connectivity index (χ4n) is 3.40. The SMILES string of the molecule is CCOc1ccc2[nH]c(C(=O)CCCCCCC(=O)Nc3ccccc3N)cc2c1. The van der Waals surface area contributed by atoms with Crippen LogP contribution in [0.4, 0.5) is 11.4 Å². The van der Waals surface area contributed by atoms with E-state index in [1.165, 1.54) is 0 Å². The second-order valence-corrected chi connectivity index (χ2v) is 7.34. The fourth-order valence-corrected chi connectivity index (χ4v) is 3.40. The Morgan fingerprint density at radius 1 is 1.00 bits per heavy atom. The van der Waals surface area contributed by atoms with Crippen molar-refractivity contribution in [1.29, 1.82) is 0 Å². The second-order valence-electron chi connectivity index (χ2n) is 7.34. The van der Waals surface area contributed by atoms with Crippen LogP contribution in [-0.4, -0.2) is 23.3 Å². The van der Waals surface area contributed by atoms with Gasteiger partial charge < -0.3 is 20.8 Å². The maximum atomic E-state index is 12.5. The first-order valence-electron chi connectivity index (χ1n) is 10.5. The molecule has 0 saturated carbocycles. The lowest BCUT2D eigenvalue weighted by Gasteiger charge is -2.07. The molecule has 0 saturated heterocycles. The third-order valence-corrected chi connectivity index (χ3v) is 5.00. The predicted octanol–water partition coefficient (Wildman–Crippen LogP) is 5.31. The Labute approximate surface area is 176 Å². The Hall–Kier alpha value is -3.28. The minimum Gasteiger partial charge on any atom is -0.494 e. The number of nitrogens with one attached hydrogen (secondary N) is 2. The van der Waals surface area contributed by atoms with Gasteiger partial charge in [-0.05, 0) is 56.2 Å². The van der Waals surface area contributed by atoms with E-state index in [0.717, 1.165) is 42.3 Å². The number of Topliss-reactive ketones (excluding diaryl/α,β-unsaturated/α-hetero) is 1. The monoisotopic (exact) mass is 407 g/mol. The van der Waals surface area contributed by atoms with Gasteiger partial charge in [0.25, 0.3) is 0 Å². The molecule has 158 valence electrons. The van der Waals surface area contributed by atoms with Crippen LogP contribution in [0.25, 0.3) is 10.9 Å². The van der Waals surface area contributed by atoms with Gasteiger partial charge in [-0.25, -0.2) is 0 Å². The molecule has 1 amide bonds. The number of aromatic nitrogens is 1. The Morgan fingerprint density at radius 2 is 1.77 bits per heavy atom. The molecule has 4 N–H and O–H groups in total. The predicted molar refractivity (Wildman–Crippen MR) is 121 cm³/mol. The number of amides is 1. The number of hydrogen-bond acceptors (Lipinski definition) is 4. The molecule has 3 aromatic rings. The molecule has 0 atom stereocenters. The first-order valence-corrected chi connectivity index (χ1v) is 10.5. The summed E-state index contributed by atoms with van der Waals surface area (Å²) in [6.07, 6.45) is 4.38. The third kappa shape index (κ3) is 5.86. The first-order chi connectivity index (χ1) is 14.6. The minimum atomic E-state index is -0.0338. The third-order valence-electron chi connectivity index (χ3n) is 5.00. The number of unbranched alkanes of at least 4 members (excludes halogenated alkanes) is 3. The van der Waals surface area contributed by atoms with Crippen molar-refractivity contribution in [3.05, 3.63) is 54.2 Å². The maximum absolute atomic E-state index is 12.5. The molecular weight excluding hydrogens is 378 g/mol. The van der Waals surface area contributed by atoms with Gasteiger partial charge in [0.2, 0.25) is 5.91 Å². The summed E-state index contributed by atoms with van der Waals surface area (Å²) in [4.78, 5) is 27.7. The number of nitrogens with two attached hydrogens (primary N) is 1. The van der Waals surface area contributed by atoms with Crippen LogP contribution in [0, 0.1) is 0 Å². The number of carbonyl (C=O) groups excluding carboxylic acids is 2. The highest BCUT2D eigenvalue weighted by atomic mass is 16.5. The molecule has 0 aliphatic rings. The summed E-state index contributed by atoms with van der Waals surface area (Å²) in [5.74, 6) is 0.886. The van der Waals surface area contributed by atoms with Gasteiger partial charge in [0, 0.05) is 23.7 Å². The Morgan fingerprint density at radius 3 is 2.53 bits per heavy atom. The zero-order valence-electron chi connectivity index (χ0n) is 17.4. The number of carbonyl (C=O) groups is 2. The number of H-pyrrole nitrogens is 1. The van der Waals surface area contributed by atoms with Crippen LogP contribution >= 0.6 is 0 Å². The van der Waals surface area contributed by atoms with Gasteiger partial charge in [-0.15, -0.1) is 0 Å². The van der Waals surface area contributed by atoms with Crippen molar-refractivity contribution in [3.63, 3.8) is 0 Å². The number of para-hydroxylation sites is 2. The van der Waals surface area contributed by atoms with Crippen LogP contribution in [-0.2, 0) is 4.79 Å². The largest absolute Gasteiger partial charge is 0.494 e. The summed E-state index contributed by atoms with van der Waals surface area (Å²) >= 11 is 0. The summed E-state index contributed by atoms with van der Waals surface area (Å²) < 4.78 is 5.51. The lowest BCUT2D eigenvalue weighted by atomic mass is 10.1. The lowest BCUT2D eigenvalue weighted by Crippen LogP contribution is -2.12. The number of benzene rings is 2. The van der Waals surface area contributed by atoms with Gasteiger partial charge in [0.1, 0.15) is 5.75 Å². The van der Waals surface area contributed by atoms with Crippen molar-refractivity contribution < 1.29 is 14.3 Å². The number of fused-ring (bicyclic) bond motifs is 1. The van der Waals surface area contributed by atoms with E-state index in [2.05, 4.69) is 10.3 Å². The van der Waals surface area contributed by atoms with Gasteiger partial charge in [0.15, 0.2) is 5.78 Å². The molecule has 0 aliphatic heterocycles. The summed E-state index contributed by atoms with van der Waals surface area (Å²) in [7, 11) is 0. The van der Waals surface area contributed by atoms with Crippen molar-refractivity contribution in [1.82, 2.24) is 4.98 Å². The Balaban J connectivity index is 1.36. The van der Waals surface area contributed by atoms with E-state index in [1.54, 1.807) is 12.1 Å². The molecule has 0 fully saturated rings. The van der Waals surface area contributed by atoms with Crippen LogP contribution in [0.3, 0.4) is 0 Å². The van der Waals surface area contributed by atoms with Gasteiger partial charge in [-0.2, -0.15) is 0 Å². The van der Waals surface area contributed by atoms with E-state index >= 15 is 0 Å². The molecule has 30 heavy (non-hydrogen) atoms. The Bertz CT molecular complexity index is 1010. The van der Waals surface area contributed by atoms with Crippen molar-refractivity contribution in [2.45, 2.75) is 45.4 Å². The number of ketones is 1. The average Bonchev–Trinajstić information content (AvgIpc) is 3.16. The molecule has 3 rings (SSSR count). The highest BCUT2D eigenvalue weighted by Crippen LogP contribution is 2.23. The lowest BCUT2D eigenvalue weighted by molar-refractivity contribution is -0.116. The molecule has 6 heteroatoms. The van der Waals surface area contributed by atoms with Crippen molar-refractivity contribution in [2.24, 2.45) is 0 Å². The van der Waals surface area contributed by atoms with Crippen LogP contribution in [0.15, 0.2) is 48.5 Å². The molecule has 0 bridgehead atoms. The molecule has 0 radical (unpaired) electrons. The van der Waals surface area contributed by atoms with Crippen molar-refractivity contribution >= 4 is 34.0 Å². The molecule has 2 aromatic carbocycles. The molecule has 0 aliphatic carbocycles. The number of hydrogen-bond donors (Lipinski definition) is 3. The second kappa shape index (κ2) is 10.5. The molecule has 1 heterocycles. The highest BCUT2D eigenvalue weighted by molar-refractivity contribution is 5.99. The standard InChI is InChI=1S/C24H29N3O3/c1-2-30-18-13-14-20-17(15-18)16-22(26-20)23(28)11-5-3-4-6-12-24(29)27-21-10-8-7-9-19(21)25/h7-10,13-16,26H,2-6,11-12,25H2,1H3,(H,27,29). The average molecular weight is 408 g/mol. The summed E-state index contributed by atoms with van der Waals surface area (Å²) in [5.41, 5.74) is 8.62. The topological polar surface area (TPSA) is 97.2 Å². The maximum Gasteiger partial charge on any atom is 0.224 e. The van der Waals surface area contributed by atoms with E-state index in [1.807, 2.05) is 43.3 Å². The van der Waals surface area contributed by atoms with Crippen LogP contribution < -0.4 is 15.8 Å². The summed E-state index contributed by atoms with van der Waals surface area (Å²) in [6.45, 7) is 2.56. The number of anilines is 2. The quantitative estimate of drug-likeness (QED) is 0.228. The minimum absolute atomic E-state index is 0.0338. The van der Waals surface area contributed by atoms with Crippen LogP contribution in [0.2, 0.25) is 0 Å². The van der Waals surface area contributed by atoms with Gasteiger partial charge >= 0.3 is 0 Å².